The van der Waals surface area contributed by atoms with E-state index in [9.17, 15) is 14.4 Å². The summed E-state index contributed by atoms with van der Waals surface area (Å²) in [6, 6.07) is 0. The van der Waals surface area contributed by atoms with Crippen LogP contribution in [0.1, 0.15) is 90.4 Å². The molecule has 2 amide bonds. The Bertz CT molecular complexity index is 372. The molecule has 6 nitrogen and oxygen atoms in total. The SMILES string of the molecule is CCCCNC(=O)CCCCCCCCCCCC(=O)NCC(=O)O. The third-order valence-corrected chi connectivity index (χ3v) is 4.10. The number of carbonyl (C=O) groups excluding carboxylic acids is 2. The maximum Gasteiger partial charge on any atom is 0.322 e. The smallest absolute Gasteiger partial charge is 0.322 e. The maximum absolute atomic E-state index is 11.5. The van der Waals surface area contributed by atoms with Gasteiger partial charge >= 0.3 is 5.97 Å². The number of carbonyl (C=O) groups is 3. The van der Waals surface area contributed by atoms with E-state index in [2.05, 4.69) is 17.6 Å². The second-order valence-electron chi connectivity index (χ2n) is 6.56. The van der Waals surface area contributed by atoms with Gasteiger partial charge in [-0.25, -0.2) is 0 Å². The average Bonchev–Trinajstić information content (AvgIpc) is 2.58. The van der Waals surface area contributed by atoms with E-state index in [1.165, 1.54) is 25.7 Å². The molecular formula is C19H36N2O4. The first-order chi connectivity index (χ1) is 12.1. The Morgan fingerprint density at radius 1 is 0.680 bits per heavy atom. The molecule has 0 saturated heterocycles. The molecule has 0 rings (SSSR count). The second-order valence-corrected chi connectivity index (χ2v) is 6.56. The van der Waals surface area contributed by atoms with Crippen molar-refractivity contribution in [2.45, 2.75) is 90.4 Å². The molecule has 25 heavy (non-hydrogen) atoms. The number of rotatable bonds is 17. The summed E-state index contributed by atoms with van der Waals surface area (Å²) in [5, 5.41) is 13.8. The lowest BCUT2D eigenvalue weighted by atomic mass is 10.1. The van der Waals surface area contributed by atoms with Crippen molar-refractivity contribution in [3.8, 4) is 0 Å². The lowest BCUT2D eigenvalue weighted by molar-refractivity contribution is -0.138. The molecule has 0 saturated carbocycles. The Balaban J connectivity index is 3.22. The lowest BCUT2D eigenvalue weighted by Gasteiger charge is -2.05. The zero-order valence-corrected chi connectivity index (χ0v) is 15.8. The Morgan fingerprint density at radius 2 is 1.12 bits per heavy atom. The Labute approximate surface area is 152 Å². The number of carboxylic acids is 1. The standard InChI is InChI=1S/C19H36N2O4/c1-2-3-15-20-17(22)13-11-9-7-5-4-6-8-10-12-14-18(23)21-16-19(24)25/h2-16H2,1H3,(H,20,22)(H,21,23)(H,24,25). The van der Waals surface area contributed by atoms with E-state index in [4.69, 9.17) is 5.11 Å². The van der Waals surface area contributed by atoms with Gasteiger partial charge in [-0.3, -0.25) is 14.4 Å². The monoisotopic (exact) mass is 356 g/mol. The van der Waals surface area contributed by atoms with E-state index in [-0.39, 0.29) is 18.4 Å². The van der Waals surface area contributed by atoms with Crippen molar-refractivity contribution in [2.24, 2.45) is 0 Å². The zero-order valence-electron chi connectivity index (χ0n) is 15.8. The van der Waals surface area contributed by atoms with Crippen molar-refractivity contribution in [3.05, 3.63) is 0 Å². The van der Waals surface area contributed by atoms with E-state index >= 15 is 0 Å². The molecule has 146 valence electrons. The quantitative estimate of drug-likeness (QED) is 0.348. The van der Waals surface area contributed by atoms with Crippen LogP contribution < -0.4 is 10.6 Å². The van der Waals surface area contributed by atoms with Crippen LogP contribution in [-0.4, -0.2) is 36.0 Å². The van der Waals surface area contributed by atoms with Crippen molar-refractivity contribution in [1.82, 2.24) is 10.6 Å². The summed E-state index contributed by atoms with van der Waals surface area (Å²) >= 11 is 0. The summed E-state index contributed by atoms with van der Waals surface area (Å²) in [6.07, 6.45) is 13.0. The Hall–Kier alpha value is -1.59. The van der Waals surface area contributed by atoms with Crippen molar-refractivity contribution >= 4 is 17.8 Å². The summed E-state index contributed by atoms with van der Waals surface area (Å²) in [6.45, 7) is 2.63. The van der Waals surface area contributed by atoms with Gasteiger partial charge in [0.1, 0.15) is 6.54 Å². The molecule has 0 atom stereocenters. The van der Waals surface area contributed by atoms with Crippen LogP contribution in [0.25, 0.3) is 0 Å². The van der Waals surface area contributed by atoms with Crippen LogP contribution >= 0.6 is 0 Å². The van der Waals surface area contributed by atoms with Gasteiger partial charge in [-0.05, 0) is 19.3 Å². The van der Waals surface area contributed by atoms with Crippen molar-refractivity contribution < 1.29 is 19.5 Å². The molecule has 3 N–H and O–H groups in total. The number of hydrogen-bond acceptors (Lipinski definition) is 3. The topological polar surface area (TPSA) is 95.5 Å². The van der Waals surface area contributed by atoms with Gasteiger partial charge in [0.25, 0.3) is 0 Å². The number of unbranched alkanes of at least 4 members (excludes halogenated alkanes) is 9. The largest absolute Gasteiger partial charge is 0.480 e. The molecule has 0 aromatic heterocycles. The van der Waals surface area contributed by atoms with Gasteiger partial charge in [0, 0.05) is 19.4 Å². The molecule has 0 aliphatic heterocycles. The number of nitrogens with one attached hydrogen (secondary N) is 2. The van der Waals surface area contributed by atoms with Crippen LogP contribution in [0.4, 0.5) is 0 Å². The van der Waals surface area contributed by atoms with Crippen LogP contribution in [0.15, 0.2) is 0 Å². The van der Waals surface area contributed by atoms with Gasteiger partial charge in [-0.2, -0.15) is 0 Å². The fourth-order valence-corrected chi connectivity index (χ4v) is 2.56. The van der Waals surface area contributed by atoms with Crippen LogP contribution in [0.2, 0.25) is 0 Å². The van der Waals surface area contributed by atoms with Gasteiger partial charge in [0.05, 0.1) is 0 Å². The van der Waals surface area contributed by atoms with E-state index in [0.717, 1.165) is 51.5 Å². The lowest BCUT2D eigenvalue weighted by Crippen LogP contribution is -2.28. The molecule has 0 bridgehead atoms. The van der Waals surface area contributed by atoms with E-state index in [0.29, 0.717) is 12.8 Å². The minimum atomic E-state index is -1.01. The summed E-state index contributed by atoms with van der Waals surface area (Å²) in [7, 11) is 0. The maximum atomic E-state index is 11.5. The number of aliphatic carboxylic acids is 1. The minimum Gasteiger partial charge on any atom is -0.480 e. The fourth-order valence-electron chi connectivity index (χ4n) is 2.56. The highest BCUT2D eigenvalue weighted by atomic mass is 16.4. The number of hydrogen-bond donors (Lipinski definition) is 3. The Kier molecular flexibility index (Phi) is 16.1. The number of carboxylic acid groups (broad SMARTS) is 1. The molecule has 0 aromatic carbocycles. The zero-order chi connectivity index (χ0) is 18.8. The van der Waals surface area contributed by atoms with Gasteiger partial charge in [-0.15, -0.1) is 0 Å². The first-order valence-electron chi connectivity index (χ1n) is 9.81. The normalized spacial score (nSPS) is 10.4. The molecule has 0 fully saturated rings. The highest BCUT2D eigenvalue weighted by Crippen LogP contribution is 2.11. The van der Waals surface area contributed by atoms with Gasteiger partial charge in [-0.1, -0.05) is 58.3 Å². The third kappa shape index (κ3) is 18.6. The van der Waals surface area contributed by atoms with Crippen molar-refractivity contribution in [2.75, 3.05) is 13.1 Å². The van der Waals surface area contributed by atoms with Crippen LogP contribution in [0, 0.1) is 0 Å². The summed E-state index contributed by atoms with van der Waals surface area (Å²) < 4.78 is 0. The molecule has 0 heterocycles. The average molecular weight is 357 g/mol. The molecule has 0 aliphatic rings. The predicted octanol–water partition coefficient (Wildman–Crippen LogP) is 3.39. The van der Waals surface area contributed by atoms with Gasteiger partial charge < -0.3 is 15.7 Å². The van der Waals surface area contributed by atoms with Crippen LogP contribution in [0.3, 0.4) is 0 Å². The van der Waals surface area contributed by atoms with Gasteiger partial charge in [0.15, 0.2) is 0 Å². The first kappa shape index (κ1) is 23.4. The summed E-state index contributed by atoms with van der Waals surface area (Å²) in [5.74, 6) is -1.01. The molecule has 0 aromatic rings. The highest BCUT2D eigenvalue weighted by molar-refractivity contribution is 5.80. The molecule has 0 unspecified atom stereocenters. The molecule has 0 radical (unpaired) electrons. The third-order valence-electron chi connectivity index (χ3n) is 4.10. The molecule has 0 aliphatic carbocycles. The van der Waals surface area contributed by atoms with E-state index < -0.39 is 5.97 Å². The summed E-state index contributed by atoms with van der Waals surface area (Å²) in [5.41, 5.74) is 0. The molecule has 6 heteroatoms. The summed E-state index contributed by atoms with van der Waals surface area (Å²) in [4.78, 5) is 33.1. The highest BCUT2D eigenvalue weighted by Gasteiger charge is 2.03. The second kappa shape index (κ2) is 17.2. The molecular weight excluding hydrogens is 320 g/mol. The van der Waals surface area contributed by atoms with Crippen LogP contribution in [-0.2, 0) is 14.4 Å². The van der Waals surface area contributed by atoms with E-state index in [1.807, 2.05) is 0 Å². The van der Waals surface area contributed by atoms with Crippen molar-refractivity contribution in [3.63, 3.8) is 0 Å². The van der Waals surface area contributed by atoms with Crippen molar-refractivity contribution in [1.29, 1.82) is 0 Å². The van der Waals surface area contributed by atoms with E-state index in [1.54, 1.807) is 0 Å². The van der Waals surface area contributed by atoms with Gasteiger partial charge in [0.2, 0.25) is 11.8 Å². The minimum absolute atomic E-state index is 0.180. The molecule has 0 spiro atoms. The number of amides is 2. The first-order valence-corrected chi connectivity index (χ1v) is 9.81. The fraction of sp³-hybridized carbons (Fsp3) is 0.842. The predicted molar refractivity (Wildman–Crippen MR) is 99.4 cm³/mol. The van der Waals surface area contributed by atoms with Crippen LogP contribution in [0.5, 0.6) is 0 Å². The Morgan fingerprint density at radius 3 is 1.56 bits per heavy atom.